The molecule has 172 valence electrons. The van der Waals surface area contributed by atoms with Crippen LogP contribution >= 0.6 is 49.6 Å². The molecule has 0 atom stereocenters. The van der Waals surface area contributed by atoms with Gasteiger partial charge in [0.15, 0.2) is 0 Å². The molecule has 2 aromatic heterocycles. The fraction of sp³-hybridized carbons (Fsp3) is 0.500. The average molecular weight is 498 g/mol. The van der Waals surface area contributed by atoms with Gasteiger partial charge in [-0.1, -0.05) is 45.4 Å². The predicted molar refractivity (Wildman–Crippen MR) is 141 cm³/mol. The number of benzene rings is 1. The summed E-state index contributed by atoms with van der Waals surface area (Å²) in [7, 11) is 0. The summed E-state index contributed by atoms with van der Waals surface area (Å²) >= 11 is 0. The van der Waals surface area contributed by atoms with Gasteiger partial charge in [0, 0.05) is 48.7 Å². The molecule has 3 aromatic rings. The standard InChI is InChI=1S/C22H32N4.4ClH/c1-4-7-15-26-21-11-9-8-10-18(21)19-12-13-24-20(22(19)26)17-23-14-16-25(5-2)6-3;;;;/h8-13,23H,4-7,14-17H2,1-3H3;4*1H. The number of aromatic nitrogens is 2. The van der Waals surface area contributed by atoms with Crippen molar-refractivity contribution in [2.45, 2.75) is 46.7 Å². The minimum Gasteiger partial charge on any atom is -0.339 e. The highest BCUT2D eigenvalue weighted by Gasteiger charge is 2.14. The van der Waals surface area contributed by atoms with Crippen LogP contribution in [0.1, 0.15) is 39.3 Å². The number of aryl methyl sites for hydroxylation is 1. The number of rotatable bonds is 10. The maximum atomic E-state index is 4.73. The molecule has 1 aromatic carbocycles. The van der Waals surface area contributed by atoms with Crippen molar-refractivity contribution in [1.29, 1.82) is 0 Å². The number of para-hydroxylation sites is 1. The largest absolute Gasteiger partial charge is 0.339 e. The lowest BCUT2D eigenvalue weighted by Gasteiger charge is -2.18. The lowest BCUT2D eigenvalue weighted by atomic mass is 10.1. The summed E-state index contributed by atoms with van der Waals surface area (Å²) in [6.07, 6.45) is 4.35. The first-order chi connectivity index (χ1) is 12.8. The van der Waals surface area contributed by atoms with E-state index < -0.39 is 0 Å². The number of likely N-dealkylation sites (N-methyl/N-ethyl adjacent to an activating group) is 1. The molecular formula is C22H36Cl4N4. The van der Waals surface area contributed by atoms with Gasteiger partial charge in [-0.25, -0.2) is 0 Å². The Kier molecular flexibility index (Phi) is 16.7. The van der Waals surface area contributed by atoms with Gasteiger partial charge in [0.25, 0.3) is 0 Å². The number of nitrogens with zero attached hydrogens (tertiary/aromatic N) is 3. The monoisotopic (exact) mass is 496 g/mol. The molecule has 1 N–H and O–H groups in total. The SMILES string of the molecule is CCCCn1c2ccccc2c2ccnc(CNCCN(CC)CC)c21.Cl.Cl.Cl.Cl. The van der Waals surface area contributed by atoms with Crippen LogP contribution in [0, 0.1) is 0 Å². The second-order valence-electron chi connectivity index (χ2n) is 6.88. The molecule has 0 bridgehead atoms. The fourth-order valence-electron chi connectivity index (χ4n) is 3.73. The zero-order chi connectivity index (χ0) is 18.4. The Hall–Kier alpha value is -0.750. The van der Waals surface area contributed by atoms with Crippen molar-refractivity contribution in [3.8, 4) is 0 Å². The van der Waals surface area contributed by atoms with Crippen LogP contribution < -0.4 is 5.32 Å². The summed E-state index contributed by atoms with van der Waals surface area (Å²) in [6.45, 7) is 12.9. The Morgan fingerprint density at radius 1 is 0.933 bits per heavy atom. The Labute approximate surface area is 205 Å². The fourth-order valence-corrected chi connectivity index (χ4v) is 3.73. The quantitative estimate of drug-likeness (QED) is 0.343. The summed E-state index contributed by atoms with van der Waals surface area (Å²) in [5.74, 6) is 0. The molecule has 3 rings (SSSR count). The van der Waals surface area contributed by atoms with E-state index in [0.29, 0.717) is 0 Å². The van der Waals surface area contributed by atoms with Gasteiger partial charge in [0.2, 0.25) is 0 Å². The van der Waals surface area contributed by atoms with E-state index in [-0.39, 0.29) is 49.6 Å². The Morgan fingerprint density at radius 3 is 2.30 bits per heavy atom. The molecule has 4 nitrogen and oxygen atoms in total. The maximum absolute atomic E-state index is 4.73. The maximum Gasteiger partial charge on any atom is 0.0784 e. The summed E-state index contributed by atoms with van der Waals surface area (Å²) in [4.78, 5) is 7.17. The second-order valence-corrected chi connectivity index (χ2v) is 6.88. The van der Waals surface area contributed by atoms with Crippen molar-refractivity contribution in [2.75, 3.05) is 26.2 Å². The molecule has 0 saturated carbocycles. The van der Waals surface area contributed by atoms with Crippen LogP contribution in [0.2, 0.25) is 0 Å². The van der Waals surface area contributed by atoms with Gasteiger partial charge >= 0.3 is 0 Å². The highest BCUT2D eigenvalue weighted by atomic mass is 35.5. The van der Waals surface area contributed by atoms with Crippen molar-refractivity contribution in [3.63, 3.8) is 0 Å². The zero-order valence-electron chi connectivity index (χ0n) is 18.1. The van der Waals surface area contributed by atoms with Gasteiger partial charge in [-0.2, -0.15) is 0 Å². The number of hydrogen-bond acceptors (Lipinski definition) is 3. The van der Waals surface area contributed by atoms with Gasteiger partial charge < -0.3 is 14.8 Å². The summed E-state index contributed by atoms with van der Waals surface area (Å²) in [6, 6.07) is 10.9. The zero-order valence-corrected chi connectivity index (χ0v) is 21.4. The summed E-state index contributed by atoms with van der Waals surface area (Å²) in [5, 5.41) is 6.27. The minimum atomic E-state index is 0. The van der Waals surface area contributed by atoms with Crippen LogP contribution in [-0.2, 0) is 13.1 Å². The molecule has 8 heteroatoms. The molecule has 0 aliphatic heterocycles. The van der Waals surface area contributed by atoms with E-state index in [1.807, 2.05) is 6.20 Å². The van der Waals surface area contributed by atoms with Crippen molar-refractivity contribution >= 4 is 71.4 Å². The number of nitrogens with one attached hydrogen (secondary N) is 1. The van der Waals surface area contributed by atoms with E-state index in [0.717, 1.165) is 45.0 Å². The van der Waals surface area contributed by atoms with Crippen LogP contribution in [0.4, 0.5) is 0 Å². The van der Waals surface area contributed by atoms with Gasteiger partial charge in [0.05, 0.1) is 11.2 Å². The van der Waals surface area contributed by atoms with E-state index in [9.17, 15) is 0 Å². The molecule has 0 aliphatic rings. The lowest BCUT2D eigenvalue weighted by Crippen LogP contribution is -2.31. The third kappa shape index (κ3) is 7.15. The van der Waals surface area contributed by atoms with Gasteiger partial charge in [-0.15, -0.1) is 49.6 Å². The van der Waals surface area contributed by atoms with E-state index >= 15 is 0 Å². The third-order valence-electron chi connectivity index (χ3n) is 5.28. The third-order valence-corrected chi connectivity index (χ3v) is 5.28. The first kappa shape index (κ1) is 31.4. The minimum absolute atomic E-state index is 0. The Morgan fingerprint density at radius 2 is 1.63 bits per heavy atom. The molecule has 2 heterocycles. The topological polar surface area (TPSA) is 33.1 Å². The highest BCUT2D eigenvalue weighted by molar-refractivity contribution is 6.08. The van der Waals surface area contributed by atoms with Gasteiger partial charge in [-0.05, 0) is 31.6 Å². The van der Waals surface area contributed by atoms with Crippen LogP contribution in [0.15, 0.2) is 36.5 Å². The average Bonchev–Trinajstić information content (AvgIpc) is 3.01. The summed E-state index contributed by atoms with van der Waals surface area (Å²) in [5.41, 5.74) is 3.79. The smallest absolute Gasteiger partial charge is 0.0784 e. The van der Waals surface area contributed by atoms with Crippen molar-refractivity contribution in [1.82, 2.24) is 19.8 Å². The van der Waals surface area contributed by atoms with E-state index in [2.05, 4.69) is 65.9 Å². The van der Waals surface area contributed by atoms with E-state index in [1.54, 1.807) is 0 Å². The molecule has 0 aliphatic carbocycles. The molecule has 0 spiro atoms. The Balaban J connectivity index is 0. The van der Waals surface area contributed by atoms with E-state index in [1.165, 1.54) is 34.6 Å². The molecule has 0 amide bonds. The van der Waals surface area contributed by atoms with Crippen molar-refractivity contribution in [2.24, 2.45) is 0 Å². The molecule has 0 radical (unpaired) electrons. The first-order valence-corrected chi connectivity index (χ1v) is 10.1. The van der Waals surface area contributed by atoms with Crippen LogP contribution in [-0.4, -0.2) is 40.6 Å². The van der Waals surface area contributed by atoms with Crippen molar-refractivity contribution in [3.05, 3.63) is 42.2 Å². The van der Waals surface area contributed by atoms with Crippen molar-refractivity contribution < 1.29 is 0 Å². The Bertz CT molecular complexity index is 850. The highest BCUT2D eigenvalue weighted by Crippen LogP contribution is 2.30. The van der Waals surface area contributed by atoms with Crippen LogP contribution in [0.5, 0.6) is 0 Å². The molecule has 0 fully saturated rings. The first-order valence-electron chi connectivity index (χ1n) is 10.1. The van der Waals surface area contributed by atoms with Gasteiger partial charge in [-0.3, -0.25) is 4.98 Å². The van der Waals surface area contributed by atoms with Crippen LogP contribution in [0.3, 0.4) is 0 Å². The van der Waals surface area contributed by atoms with Gasteiger partial charge in [0.1, 0.15) is 0 Å². The lowest BCUT2D eigenvalue weighted by molar-refractivity contribution is 0.302. The molecular weight excluding hydrogens is 462 g/mol. The normalized spacial score (nSPS) is 10.3. The number of unbranched alkanes of at least 4 members (excludes halogenated alkanes) is 1. The molecule has 0 unspecified atom stereocenters. The van der Waals surface area contributed by atoms with E-state index in [4.69, 9.17) is 4.98 Å². The number of hydrogen-bond donors (Lipinski definition) is 1. The summed E-state index contributed by atoms with van der Waals surface area (Å²) < 4.78 is 2.47. The van der Waals surface area contributed by atoms with Crippen LogP contribution in [0.25, 0.3) is 21.8 Å². The number of fused-ring (bicyclic) bond motifs is 3. The predicted octanol–water partition coefficient (Wildman–Crippen LogP) is 6.11. The number of halogens is 4. The molecule has 30 heavy (non-hydrogen) atoms. The molecule has 0 saturated heterocycles. The number of pyridine rings is 1. The second kappa shape index (κ2) is 16.0.